The number of allylic oxidation sites excluding steroid dienone is 2. The van der Waals surface area contributed by atoms with Crippen molar-refractivity contribution in [3.05, 3.63) is 48.3 Å². The molecule has 2 saturated carbocycles. The second-order valence-corrected chi connectivity index (χ2v) is 12.9. The number of benzene rings is 1. The first-order valence-electron chi connectivity index (χ1n) is 13.6. The second kappa shape index (κ2) is 7.39. The highest BCUT2D eigenvalue weighted by Gasteiger charge is 2.76. The fourth-order valence-corrected chi connectivity index (χ4v) is 9.31. The Morgan fingerprint density at radius 3 is 2.64 bits per heavy atom. The van der Waals surface area contributed by atoms with E-state index in [1.165, 1.54) is 16.5 Å². The SMILES string of the molecule is CN(C)[C@H]1C[C@@]23CC[C@]4(O2)C2CC=C(c5ccc6ccncc6c5)[C@@]2(C)CCC4(O)CC3[C@@H](O)[C@@H]1O. The maximum atomic E-state index is 12.3. The number of hydrogen-bond donors (Lipinski definition) is 3. The Bertz CT molecular complexity index is 1260. The molecule has 2 bridgehead atoms. The maximum Gasteiger partial charge on any atom is 0.102 e. The van der Waals surface area contributed by atoms with E-state index in [4.69, 9.17) is 4.74 Å². The number of aromatic nitrogens is 1. The van der Waals surface area contributed by atoms with Crippen LogP contribution < -0.4 is 0 Å². The number of aliphatic hydroxyl groups excluding tert-OH is 2. The molecule has 4 fully saturated rings. The van der Waals surface area contributed by atoms with Gasteiger partial charge in [0.15, 0.2) is 0 Å². The minimum atomic E-state index is -0.982. The molecular weight excluding hydrogens is 452 g/mol. The van der Waals surface area contributed by atoms with Crippen molar-refractivity contribution in [2.24, 2.45) is 17.3 Å². The third-order valence-electron chi connectivity index (χ3n) is 11.2. The van der Waals surface area contributed by atoms with Gasteiger partial charge in [-0.25, -0.2) is 0 Å². The van der Waals surface area contributed by atoms with Crippen LogP contribution in [0.15, 0.2) is 42.7 Å². The molecule has 3 aliphatic carbocycles. The van der Waals surface area contributed by atoms with Gasteiger partial charge in [-0.3, -0.25) is 4.98 Å². The molecule has 2 aliphatic heterocycles. The van der Waals surface area contributed by atoms with Gasteiger partial charge in [-0.2, -0.15) is 0 Å². The van der Waals surface area contributed by atoms with Gasteiger partial charge in [0, 0.05) is 35.7 Å². The highest BCUT2D eigenvalue weighted by Crippen LogP contribution is 2.71. The molecule has 36 heavy (non-hydrogen) atoms. The largest absolute Gasteiger partial charge is 0.390 e. The molecule has 1 aromatic heterocycles. The van der Waals surface area contributed by atoms with Crippen LogP contribution in [-0.4, -0.2) is 74.4 Å². The summed E-state index contributed by atoms with van der Waals surface area (Å²) in [7, 11) is 3.93. The zero-order valence-electron chi connectivity index (χ0n) is 21.5. The van der Waals surface area contributed by atoms with E-state index < -0.39 is 29.0 Å². The first-order chi connectivity index (χ1) is 17.1. The van der Waals surface area contributed by atoms with Crippen LogP contribution in [0, 0.1) is 17.3 Å². The predicted octanol–water partition coefficient (Wildman–Crippen LogP) is 3.53. The molecule has 6 heteroatoms. The smallest absolute Gasteiger partial charge is 0.102 e. The van der Waals surface area contributed by atoms with Crippen LogP contribution in [0.2, 0.25) is 0 Å². The molecule has 192 valence electrons. The lowest BCUT2D eigenvalue weighted by molar-refractivity contribution is -0.331. The van der Waals surface area contributed by atoms with Gasteiger partial charge >= 0.3 is 0 Å². The Morgan fingerprint density at radius 2 is 1.83 bits per heavy atom. The summed E-state index contributed by atoms with van der Waals surface area (Å²) in [5.74, 6) is -0.0547. The highest BCUT2D eigenvalue weighted by molar-refractivity contribution is 5.87. The van der Waals surface area contributed by atoms with Crippen molar-refractivity contribution in [2.75, 3.05) is 14.1 Å². The fraction of sp³-hybridized carbons (Fsp3) is 0.633. The average molecular weight is 491 g/mol. The number of nitrogens with zero attached hydrogens (tertiary/aromatic N) is 2. The third kappa shape index (κ3) is 2.77. The van der Waals surface area contributed by atoms with Crippen molar-refractivity contribution < 1.29 is 20.1 Å². The first kappa shape index (κ1) is 23.3. The Morgan fingerprint density at radius 1 is 1.00 bits per heavy atom. The van der Waals surface area contributed by atoms with Crippen molar-refractivity contribution in [1.29, 1.82) is 0 Å². The minimum absolute atomic E-state index is 0.0891. The Balaban J connectivity index is 1.27. The maximum absolute atomic E-state index is 12.3. The lowest BCUT2D eigenvalue weighted by atomic mass is 9.51. The van der Waals surface area contributed by atoms with Crippen LogP contribution in [0.4, 0.5) is 0 Å². The number of hydrogen-bond acceptors (Lipinski definition) is 6. The van der Waals surface area contributed by atoms with Gasteiger partial charge in [0.05, 0.1) is 23.4 Å². The molecule has 0 radical (unpaired) electrons. The molecule has 3 heterocycles. The number of fused-ring (bicyclic) bond motifs is 2. The van der Waals surface area contributed by atoms with Crippen LogP contribution in [0.5, 0.6) is 0 Å². The Labute approximate surface area is 213 Å². The van der Waals surface area contributed by atoms with E-state index in [9.17, 15) is 15.3 Å². The van der Waals surface area contributed by atoms with Crippen LogP contribution in [-0.2, 0) is 4.74 Å². The molecule has 0 amide bonds. The van der Waals surface area contributed by atoms with Crippen LogP contribution in [0.1, 0.15) is 57.4 Å². The lowest BCUT2D eigenvalue weighted by Crippen LogP contribution is -2.73. The number of rotatable bonds is 2. The fourth-order valence-electron chi connectivity index (χ4n) is 9.31. The van der Waals surface area contributed by atoms with Gasteiger partial charge in [-0.15, -0.1) is 0 Å². The summed E-state index contributed by atoms with van der Waals surface area (Å²) < 4.78 is 7.23. The van der Waals surface area contributed by atoms with E-state index in [1.54, 1.807) is 0 Å². The number of ether oxygens (including phenoxy) is 1. The van der Waals surface area contributed by atoms with Crippen molar-refractivity contribution >= 4 is 16.3 Å². The van der Waals surface area contributed by atoms with E-state index in [0.717, 1.165) is 31.1 Å². The summed E-state index contributed by atoms with van der Waals surface area (Å²) in [6, 6.07) is 8.57. The van der Waals surface area contributed by atoms with Gasteiger partial charge < -0.3 is 25.0 Å². The van der Waals surface area contributed by atoms with E-state index in [-0.39, 0.29) is 23.3 Å². The van der Waals surface area contributed by atoms with Crippen molar-refractivity contribution in [2.45, 2.75) is 86.9 Å². The lowest BCUT2D eigenvalue weighted by Gasteiger charge is -2.65. The Kier molecular flexibility index (Phi) is 4.78. The summed E-state index contributed by atoms with van der Waals surface area (Å²) in [4.78, 5) is 6.34. The third-order valence-corrected chi connectivity index (χ3v) is 11.2. The number of aliphatic hydroxyl groups is 3. The molecule has 1 aromatic carbocycles. The zero-order valence-corrected chi connectivity index (χ0v) is 21.5. The number of likely N-dealkylation sites (N-methyl/N-ethyl adjacent to an activating group) is 1. The van der Waals surface area contributed by atoms with E-state index in [1.807, 2.05) is 37.5 Å². The molecular formula is C30H38N2O4. The van der Waals surface area contributed by atoms with Gasteiger partial charge in [-0.05, 0) is 93.1 Å². The number of pyridine rings is 1. The summed E-state index contributed by atoms with van der Waals surface area (Å²) in [5, 5.41) is 36.8. The van der Waals surface area contributed by atoms with Gasteiger partial charge in [-0.1, -0.05) is 25.1 Å². The van der Waals surface area contributed by atoms with Crippen molar-refractivity contribution in [3.63, 3.8) is 0 Å². The van der Waals surface area contributed by atoms with Crippen molar-refractivity contribution in [3.8, 4) is 0 Å². The summed E-state index contributed by atoms with van der Waals surface area (Å²) in [5.41, 5.74) is 0.430. The van der Waals surface area contributed by atoms with Crippen LogP contribution in [0.25, 0.3) is 16.3 Å². The van der Waals surface area contributed by atoms with Crippen LogP contribution >= 0.6 is 0 Å². The molecule has 7 rings (SSSR count). The van der Waals surface area contributed by atoms with Crippen LogP contribution in [0.3, 0.4) is 0 Å². The van der Waals surface area contributed by atoms with Gasteiger partial charge in [0.2, 0.25) is 0 Å². The Hall–Kier alpha value is -1.83. The topological polar surface area (TPSA) is 86.1 Å². The molecule has 9 atom stereocenters. The summed E-state index contributed by atoms with van der Waals surface area (Å²) >= 11 is 0. The normalized spacial score (nSPS) is 47.4. The van der Waals surface area contributed by atoms with Gasteiger partial charge in [0.25, 0.3) is 0 Å². The van der Waals surface area contributed by atoms with E-state index >= 15 is 0 Å². The molecule has 5 aliphatic rings. The molecule has 2 spiro atoms. The minimum Gasteiger partial charge on any atom is -0.390 e. The highest BCUT2D eigenvalue weighted by atomic mass is 16.6. The molecule has 6 nitrogen and oxygen atoms in total. The van der Waals surface area contributed by atoms with E-state index in [2.05, 4.69) is 36.2 Å². The quantitative estimate of drug-likeness (QED) is 0.597. The summed E-state index contributed by atoms with van der Waals surface area (Å²) in [6.45, 7) is 2.38. The first-order valence-corrected chi connectivity index (χ1v) is 13.6. The molecule has 3 N–H and O–H groups in total. The molecule has 3 unspecified atom stereocenters. The summed E-state index contributed by atoms with van der Waals surface area (Å²) in [6.07, 6.45) is 9.72. The predicted molar refractivity (Wildman–Crippen MR) is 138 cm³/mol. The van der Waals surface area contributed by atoms with E-state index in [0.29, 0.717) is 19.3 Å². The zero-order chi connectivity index (χ0) is 25.1. The average Bonchev–Trinajstić information content (AvgIpc) is 3.39. The van der Waals surface area contributed by atoms with Gasteiger partial charge in [0.1, 0.15) is 5.60 Å². The standard InChI is InChI=1S/C30H38N2O4/c1-27-9-11-29(35)15-22-25(33)26(34)23(32(2)3)16-28(22)10-12-30(29,36-28)24(27)7-6-21(27)19-5-4-18-8-13-31-17-20(18)14-19/h4-6,8,13-14,17,22-26,33-35H,7,9-12,15-16H2,1-3H3/t22?,23-,24?,25+,26+,27+,28+,29?,30-/m0/s1. The molecule has 2 aromatic rings. The van der Waals surface area contributed by atoms with Crippen molar-refractivity contribution in [1.82, 2.24) is 9.88 Å². The monoisotopic (exact) mass is 490 g/mol. The molecule has 2 saturated heterocycles. The second-order valence-electron chi connectivity index (χ2n) is 12.9.